The fourth-order valence-electron chi connectivity index (χ4n) is 4.12. The van der Waals surface area contributed by atoms with Crippen LogP contribution in [0.3, 0.4) is 0 Å². The van der Waals surface area contributed by atoms with Crippen LogP contribution in [0.25, 0.3) is 0 Å². The fourth-order valence-corrected chi connectivity index (χ4v) is 4.12. The van der Waals surface area contributed by atoms with E-state index in [1.165, 1.54) is 25.7 Å². The minimum Gasteiger partial charge on any atom is -0.311 e. The lowest BCUT2D eigenvalue weighted by molar-refractivity contribution is -0.120. The number of piperidine rings is 1. The van der Waals surface area contributed by atoms with Gasteiger partial charge in [-0.1, -0.05) is 18.2 Å². The van der Waals surface area contributed by atoms with Gasteiger partial charge in [-0.15, -0.1) is 0 Å². The maximum absolute atomic E-state index is 12.9. The third-order valence-corrected chi connectivity index (χ3v) is 5.28. The van der Waals surface area contributed by atoms with E-state index in [-0.39, 0.29) is 11.9 Å². The first-order valence-corrected chi connectivity index (χ1v) is 8.88. The molecule has 2 saturated heterocycles. The summed E-state index contributed by atoms with van der Waals surface area (Å²) < 4.78 is 0. The molecule has 3 rings (SSSR count). The molecule has 0 aliphatic carbocycles. The second kappa shape index (κ2) is 7.02. The van der Waals surface area contributed by atoms with Crippen LogP contribution >= 0.6 is 0 Å². The number of para-hydroxylation sites is 1. The first-order chi connectivity index (χ1) is 11.0. The highest BCUT2D eigenvalue weighted by atomic mass is 16.2. The molecule has 2 unspecified atom stereocenters. The van der Waals surface area contributed by atoms with Gasteiger partial charge in [-0.2, -0.15) is 0 Å². The highest BCUT2D eigenvalue weighted by Gasteiger charge is 2.35. The largest absolute Gasteiger partial charge is 0.311 e. The summed E-state index contributed by atoms with van der Waals surface area (Å²) >= 11 is 0. The number of carbonyl (C=O) groups excluding carboxylic acids is 1. The van der Waals surface area contributed by atoms with Gasteiger partial charge < -0.3 is 10.2 Å². The number of benzene rings is 1. The van der Waals surface area contributed by atoms with Crippen LogP contribution in [0.1, 0.15) is 39.5 Å². The van der Waals surface area contributed by atoms with Crippen molar-refractivity contribution in [3.63, 3.8) is 0 Å². The molecule has 2 fully saturated rings. The molecule has 2 aliphatic rings. The molecule has 2 bridgehead atoms. The van der Waals surface area contributed by atoms with Crippen molar-refractivity contribution in [3.05, 3.63) is 30.3 Å². The van der Waals surface area contributed by atoms with Crippen LogP contribution in [-0.2, 0) is 4.79 Å². The molecule has 1 amide bonds. The van der Waals surface area contributed by atoms with Crippen molar-refractivity contribution in [1.29, 1.82) is 0 Å². The van der Waals surface area contributed by atoms with Gasteiger partial charge in [0.15, 0.2) is 0 Å². The Balaban J connectivity index is 1.64. The van der Waals surface area contributed by atoms with Crippen LogP contribution in [0, 0.1) is 0 Å². The van der Waals surface area contributed by atoms with Crippen molar-refractivity contribution >= 4 is 11.6 Å². The molecule has 1 N–H and O–H groups in total. The molecule has 2 aliphatic heterocycles. The van der Waals surface area contributed by atoms with Crippen LogP contribution in [0.4, 0.5) is 5.69 Å². The highest BCUT2D eigenvalue weighted by Crippen LogP contribution is 2.29. The smallest absolute Gasteiger partial charge is 0.241 e. The summed E-state index contributed by atoms with van der Waals surface area (Å²) in [5, 5.41) is 3.67. The second-order valence-electron chi connectivity index (χ2n) is 7.37. The lowest BCUT2D eigenvalue weighted by atomic mass is 9.98. The minimum absolute atomic E-state index is 0.169. The predicted molar refractivity (Wildman–Crippen MR) is 94.7 cm³/mol. The van der Waals surface area contributed by atoms with E-state index in [1.54, 1.807) is 0 Å². The molecule has 4 heteroatoms. The molecular formula is C19H29N3O. The summed E-state index contributed by atoms with van der Waals surface area (Å²) in [7, 11) is 2.11. The van der Waals surface area contributed by atoms with Crippen LogP contribution < -0.4 is 10.2 Å². The van der Waals surface area contributed by atoms with Gasteiger partial charge in [0.25, 0.3) is 0 Å². The lowest BCUT2D eigenvalue weighted by Gasteiger charge is -2.36. The summed E-state index contributed by atoms with van der Waals surface area (Å²) in [6.45, 7) is 4.66. The molecule has 0 aromatic heterocycles. The molecule has 0 saturated carbocycles. The Kier molecular flexibility index (Phi) is 5.02. The zero-order valence-electron chi connectivity index (χ0n) is 14.5. The Morgan fingerprint density at radius 2 is 1.78 bits per heavy atom. The van der Waals surface area contributed by atoms with Crippen molar-refractivity contribution in [2.24, 2.45) is 0 Å². The minimum atomic E-state index is 0.169. The Hall–Kier alpha value is -1.39. The molecule has 2 heterocycles. The number of hydrogen-bond acceptors (Lipinski definition) is 3. The summed E-state index contributed by atoms with van der Waals surface area (Å²) in [6.07, 6.45) is 4.94. The normalized spacial score (nSPS) is 26.7. The third-order valence-electron chi connectivity index (χ3n) is 5.28. The number of fused-ring (bicyclic) bond motifs is 2. The summed E-state index contributed by atoms with van der Waals surface area (Å²) in [5.41, 5.74) is 0.992. The molecule has 2 atom stereocenters. The average Bonchev–Trinajstić information content (AvgIpc) is 2.86. The van der Waals surface area contributed by atoms with E-state index in [0.717, 1.165) is 5.69 Å². The summed E-state index contributed by atoms with van der Waals surface area (Å²) in [5.74, 6) is 0.194. The Labute approximate surface area is 139 Å². The van der Waals surface area contributed by atoms with Gasteiger partial charge in [-0.25, -0.2) is 0 Å². The zero-order chi connectivity index (χ0) is 16.4. The maximum atomic E-state index is 12.9. The Bertz CT molecular complexity index is 519. The van der Waals surface area contributed by atoms with Gasteiger partial charge in [-0.3, -0.25) is 9.69 Å². The van der Waals surface area contributed by atoms with Gasteiger partial charge >= 0.3 is 0 Å². The molecule has 126 valence electrons. The molecular weight excluding hydrogens is 286 g/mol. The van der Waals surface area contributed by atoms with Gasteiger partial charge in [0.2, 0.25) is 5.91 Å². The van der Waals surface area contributed by atoms with Gasteiger partial charge in [0, 0.05) is 29.9 Å². The zero-order valence-corrected chi connectivity index (χ0v) is 14.5. The summed E-state index contributed by atoms with van der Waals surface area (Å²) in [6, 6.07) is 12.0. The average molecular weight is 315 g/mol. The van der Waals surface area contributed by atoms with Gasteiger partial charge in [0.1, 0.15) is 0 Å². The molecule has 1 aromatic rings. The highest BCUT2D eigenvalue weighted by molar-refractivity contribution is 5.95. The van der Waals surface area contributed by atoms with E-state index in [1.807, 2.05) is 35.2 Å². The number of hydrogen-bond donors (Lipinski definition) is 1. The van der Waals surface area contributed by atoms with Crippen LogP contribution in [0.5, 0.6) is 0 Å². The first kappa shape index (κ1) is 16.5. The van der Waals surface area contributed by atoms with E-state index in [2.05, 4.69) is 31.1 Å². The Morgan fingerprint density at radius 3 is 2.35 bits per heavy atom. The van der Waals surface area contributed by atoms with Gasteiger partial charge in [-0.05, 0) is 58.7 Å². The second-order valence-corrected chi connectivity index (χ2v) is 7.37. The molecule has 23 heavy (non-hydrogen) atoms. The van der Waals surface area contributed by atoms with E-state index >= 15 is 0 Å². The predicted octanol–water partition coefficient (Wildman–Crippen LogP) is 2.64. The summed E-state index contributed by atoms with van der Waals surface area (Å²) in [4.78, 5) is 17.1. The SMILES string of the molecule is CC(C)N(C(=O)CN(C)C1CC2CCC(C1)N2)c1ccccc1. The number of carbonyl (C=O) groups is 1. The molecule has 1 aromatic carbocycles. The van der Waals surface area contributed by atoms with Gasteiger partial charge in [0.05, 0.1) is 6.54 Å². The van der Waals surface area contributed by atoms with E-state index in [4.69, 9.17) is 0 Å². The standard InChI is InChI=1S/C19H29N3O/c1-14(2)22(17-7-5-4-6-8-17)19(23)13-21(3)18-11-15-9-10-16(12-18)20-15/h4-8,14-16,18,20H,9-13H2,1-3H3. The van der Waals surface area contributed by atoms with Crippen LogP contribution in [-0.4, -0.2) is 48.6 Å². The number of rotatable bonds is 5. The number of nitrogens with one attached hydrogen (secondary N) is 1. The number of amides is 1. The van der Waals surface area contributed by atoms with E-state index < -0.39 is 0 Å². The van der Waals surface area contributed by atoms with E-state index in [0.29, 0.717) is 24.7 Å². The number of likely N-dealkylation sites (N-methyl/N-ethyl adjacent to an activating group) is 1. The van der Waals surface area contributed by atoms with Crippen molar-refractivity contribution in [1.82, 2.24) is 10.2 Å². The Morgan fingerprint density at radius 1 is 1.17 bits per heavy atom. The number of anilines is 1. The molecule has 0 radical (unpaired) electrons. The van der Waals surface area contributed by atoms with Crippen LogP contribution in [0.2, 0.25) is 0 Å². The molecule has 4 nitrogen and oxygen atoms in total. The van der Waals surface area contributed by atoms with E-state index in [9.17, 15) is 4.79 Å². The monoisotopic (exact) mass is 315 g/mol. The quantitative estimate of drug-likeness (QED) is 0.907. The van der Waals surface area contributed by atoms with Crippen molar-refractivity contribution in [2.75, 3.05) is 18.5 Å². The first-order valence-electron chi connectivity index (χ1n) is 8.88. The lowest BCUT2D eigenvalue weighted by Crippen LogP contribution is -2.50. The number of nitrogens with zero attached hydrogens (tertiary/aromatic N) is 2. The molecule has 0 spiro atoms. The third kappa shape index (κ3) is 3.75. The van der Waals surface area contributed by atoms with Crippen LogP contribution in [0.15, 0.2) is 30.3 Å². The van der Waals surface area contributed by atoms with Crippen molar-refractivity contribution in [3.8, 4) is 0 Å². The maximum Gasteiger partial charge on any atom is 0.241 e. The fraction of sp³-hybridized carbons (Fsp3) is 0.632. The topological polar surface area (TPSA) is 35.6 Å². The van der Waals surface area contributed by atoms with Crippen molar-refractivity contribution < 1.29 is 4.79 Å². The van der Waals surface area contributed by atoms with Crippen molar-refractivity contribution in [2.45, 2.75) is 63.7 Å².